The van der Waals surface area contributed by atoms with E-state index in [9.17, 15) is 0 Å². The summed E-state index contributed by atoms with van der Waals surface area (Å²) in [5, 5.41) is 8.63. The maximum atomic E-state index is 8.63. The van der Waals surface area contributed by atoms with Crippen molar-refractivity contribution in [2.45, 2.75) is 0 Å². The second-order valence-electron chi connectivity index (χ2n) is 3.58. The first kappa shape index (κ1) is 14.8. The van der Waals surface area contributed by atoms with Crippen LogP contribution < -0.4 is 0 Å². The van der Waals surface area contributed by atoms with Gasteiger partial charge in [0.05, 0.1) is 45.1 Å². The van der Waals surface area contributed by atoms with E-state index in [2.05, 4.69) is 0 Å². The lowest BCUT2D eigenvalue weighted by Crippen LogP contribution is -2.41. The Hall–Kier alpha value is -0.200. The summed E-state index contributed by atoms with van der Waals surface area (Å²) in [7, 11) is 4.89. The molecule has 0 radical (unpaired) electrons. The first-order valence-corrected chi connectivity index (χ1v) is 4.90. The molecular formula is C10H22O5. The van der Waals surface area contributed by atoms with Crippen LogP contribution in [-0.4, -0.2) is 66.1 Å². The van der Waals surface area contributed by atoms with Crippen LogP contribution in [0.15, 0.2) is 0 Å². The van der Waals surface area contributed by atoms with Crippen LogP contribution in [0.5, 0.6) is 0 Å². The van der Waals surface area contributed by atoms with Crippen molar-refractivity contribution in [1.82, 2.24) is 0 Å². The molecule has 0 aromatic heterocycles. The van der Waals surface area contributed by atoms with Gasteiger partial charge in [-0.2, -0.15) is 0 Å². The minimum Gasteiger partial charge on any atom is -0.394 e. The fourth-order valence-corrected chi connectivity index (χ4v) is 1.52. The van der Waals surface area contributed by atoms with Gasteiger partial charge in [0.1, 0.15) is 0 Å². The molecule has 0 unspecified atom stereocenters. The number of ether oxygens (including phenoxy) is 4. The Kier molecular flexibility index (Phi) is 8.94. The molecule has 0 aliphatic carbocycles. The number of aliphatic hydroxyl groups is 1. The predicted molar refractivity (Wildman–Crippen MR) is 56.0 cm³/mol. The van der Waals surface area contributed by atoms with Gasteiger partial charge in [-0.15, -0.1) is 0 Å². The quantitative estimate of drug-likeness (QED) is 0.524. The second-order valence-corrected chi connectivity index (χ2v) is 3.58. The molecule has 1 N–H and O–H groups in total. The van der Waals surface area contributed by atoms with Gasteiger partial charge < -0.3 is 24.1 Å². The lowest BCUT2D eigenvalue weighted by atomic mass is 9.92. The predicted octanol–water partition coefficient (Wildman–Crippen LogP) is -0.0791. The van der Waals surface area contributed by atoms with E-state index in [1.807, 2.05) is 0 Å². The van der Waals surface area contributed by atoms with Crippen molar-refractivity contribution < 1.29 is 24.1 Å². The Balaban J connectivity index is 4.18. The SMILES string of the molecule is COCC(COC)(COC)COCCO. The van der Waals surface area contributed by atoms with Crippen molar-refractivity contribution in [2.75, 3.05) is 61.0 Å². The van der Waals surface area contributed by atoms with E-state index in [1.54, 1.807) is 21.3 Å². The van der Waals surface area contributed by atoms with Gasteiger partial charge >= 0.3 is 0 Å². The molecule has 0 amide bonds. The summed E-state index contributed by atoms with van der Waals surface area (Å²) in [6.45, 7) is 2.28. The van der Waals surface area contributed by atoms with E-state index in [-0.39, 0.29) is 12.0 Å². The lowest BCUT2D eigenvalue weighted by Gasteiger charge is -2.31. The smallest absolute Gasteiger partial charge is 0.0698 e. The van der Waals surface area contributed by atoms with Crippen LogP contribution in [0.3, 0.4) is 0 Å². The summed E-state index contributed by atoms with van der Waals surface area (Å²) in [6.07, 6.45) is 0. The Bertz CT molecular complexity index is 123. The van der Waals surface area contributed by atoms with Crippen molar-refractivity contribution in [3.8, 4) is 0 Å². The largest absolute Gasteiger partial charge is 0.394 e. The summed E-state index contributed by atoms with van der Waals surface area (Å²) in [5.74, 6) is 0. The first-order chi connectivity index (χ1) is 7.24. The fourth-order valence-electron chi connectivity index (χ4n) is 1.52. The fraction of sp³-hybridized carbons (Fsp3) is 1.00. The summed E-state index contributed by atoms with van der Waals surface area (Å²) in [5.41, 5.74) is -0.298. The van der Waals surface area contributed by atoms with E-state index in [0.29, 0.717) is 33.0 Å². The van der Waals surface area contributed by atoms with Gasteiger partial charge in [-0.1, -0.05) is 0 Å². The third kappa shape index (κ3) is 6.06. The highest BCUT2D eigenvalue weighted by Gasteiger charge is 2.31. The summed E-state index contributed by atoms with van der Waals surface area (Å²) < 4.78 is 20.7. The zero-order valence-corrected chi connectivity index (χ0v) is 9.82. The minimum atomic E-state index is -0.298. The lowest BCUT2D eigenvalue weighted by molar-refractivity contribution is -0.0879. The van der Waals surface area contributed by atoms with Gasteiger partial charge in [0.15, 0.2) is 0 Å². The van der Waals surface area contributed by atoms with Crippen LogP contribution in [0, 0.1) is 5.41 Å². The molecule has 0 spiro atoms. The molecule has 0 saturated heterocycles. The summed E-state index contributed by atoms with van der Waals surface area (Å²) in [4.78, 5) is 0. The van der Waals surface area contributed by atoms with Crippen molar-refractivity contribution in [3.63, 3.8) is 0 Å². The van der Waals surface area contributed by atoms with E-state index in [1.165, 1.54) is 0 Å². The Morgan fingerprint density at radius 2 is 1.33 bits per heavy atom. The Morgan fingerprint density at radius 1 is 0.867 bits per heavy atom. The van der Waals surface area contributed by atoms with Crippen LogP contribution in [0.4, 0.5) is 0 Å². The molecule has 15 heavy (non-hydrogen) atoms. The highest BCUT2D eigenvalue weighted by molar-refractivity contribution is 4.78. The maximum Gasteiger partial charge on any atom is 0.0698 e. The van der Waals surface area contributed by atoms with Crippen molar-refractivity contribution >= 4 is 0 Å². The standard InChI is InChI=1S/C10H22O5/c1-12-6-10(7-13-2,8-14-3)9-15-5-4-11/h11H,4-9H2,1-3H3. The van der Waals surface area contributed by atoms with Crippen molar-refractivity contribution in [3.05, 3.63) is 0 Å². The molecule has 0 fully saturated rings. The van der Waals surface area contributed by atoms with Crippen molar-refractivity contribution in [2.24, 2.45) is 5.41 Å². The minimum absolute atomic E-state index is 0.0169. The van der Waals surface area contributed by atoms with E-state index in [0.717, 1.165) is 0 Å². The molecule has 0 aliphatic heterocycles. The second kappa shape index (κ2) is 9.06. The molecular weight excluding hydrogens is 200 g/mol. The molecule has 0 atom stereocenters. The van der Waals surface area contributed by atoms with Crippen LogP contribution in [0.2, 0.25) is 0 Å². The van der Waals surface area contributed by atoms with Gasteiger partial charge in [-0.05, 0) is 0 Å². The average Bonchev–Trinajstić information content (AvgIpc) is 2.19. The molecule has 0 aromatic carbocycles. The summed E-state index contributed by atoms with van der Waals surface area (Å²) >= 11 is 0. The molecule has 0 heterocycles. The third-order valence-corrected chi connectivity index (χ3v) is 2.00. The molecule has 0 bridgehead atoms. The van der Waals surface area contributed by atoms with Gasteiger partial charge in [-0.3, -0.25) is 0 Å². The molecule has 0 rings (SSSR count). The number of methoxy groups -OCH3 is 3. The molecule has 0 aromatic rings. The highest BCUT2D eigenvalue weighted by Crippen LogP contribution is 2.19. The number of hydrogen-bond donors (Lipinski definition) is 1. The van der Waals surface area contributed by atoms with Gasteiger partial charge in [0.2, 0.25) is 0 Å². The highest BCUT2D eigenvalue weighted by atomic mass is 16.5. The number of hydrogen-bond acceptors (Lipinski definition) is 5. The van der Waals surface area contributed by atoms with Gasteiger partial charge in [0, 0.05) is 21.3 Å². The van der Waals surface area contributed by atoms with Gasteiger partial charge in [0.25, 0.3) is 0 Å². The van der Waals surface area contributed by atoms with E-state index < -0.39 is 0 Å². The molecule has 92 valence electrons. The maximum absolute atomic E-state index is 8.63. The zero-order valence-electron chi connectivity index (χ0n) is 9.82. The van der Waals surface area contributed by atoms with Crippen molar-refractivity contribution in [1.29, 1.82) is 0 Å². The molecule has 5 heteroatoms. The van der Waals surface area contributed by atoms with Crippen LogP contribution >= 0.6 is 0 Å². The topological polar surface area (TPSA) is 57.2 Å². The monoisotopic (exact) mass is 222 g/mol. The molecule has 5 nitrogen and oxygen atoms in total. The van der Waals surface area contributed by atoms with E-state index in [4.69, 9.17) is 24.1 Å². The summed E-state index contributed by atoms with van der Waals surface area (Å²) in [6, 6.07) is 0. The van der Waals surface area contributed by atoms with Gasteiger partial charge in [-0.25, -0.2) is 0 Å². The number of aliphatic hydroxyl groups excluding tert-OH is 1. The van der Waals surface area contributed by atoms with Crippen LogP contribution in [0.25, 0.3) is 0 Å². The Labute approximate surface area is 91.3 Å². The average molecular weight is 222 g/mol. The number of rotatable bonds is 10. The first-order valence-electron chi connectivity index (χ1n) is 4.90. The van der Waals surface area contributed by atoms with Crippen LogP contribution in [-0.2, 0) is 18.9 Å². The van der Waals surface area contributed by atoms with E-state index >= 15 is 0 Å². The molecule has 0 saturated carbocycles. The van der Waals surface area contributed by atoms with Crippen LogP contribution in [0.1, 0.15) is 0 Å². The Morgan fingerprint density at radius 3 is 1.67 bits per heavy atom. The third-order valence-electron chi connectivity index (χ3n) is 2.00. The molecule has 0 aliphatic rings. The zero-order chi connectivity index (χ0) is 11.6. The normalized spacial score (nSPS) is 12.0.